The van der Waals surface area contributed by atoms with Gasteiger partial charge in [0.2, 0.25) is 0 Å². The predicted octanol–water partition coefficient (Wildman–Crippen LogP) is 3.78. The highest BCUT2D eigenvalue weighted by atomic mass is 16.5. The summed E-state index contributed by atoms with van der Waals surface area (Å²) in [7, 11) is 1.83. The van der Waals surface area contributed by atoms with Crippen LogP contribution in [0.3, 0.4) is 0 Å². The molecule has 0 radical (unpaired) electrons. The molecule has 0 aliphatic carbocycles. The molecule has 1 amide bonds. The summed E-state index contributed by atoms with van der Waals surface area (Å²) in [4.78, 5) is 12.3. The van der Waals surface area contributed by atoms with Crippen LogP contribution in [0.2, 0.25) is 0 Å². The summed E-state index contributed by atoms with van der Waals surface area (Å²) in [6.07, 6.45) is 0. The lowest BCUT2D eigenvalue weighted by Gasteiger charge is -2.09. The minimum atomic E-state index is -0.141. The predicted molar refractivity (Wildman–Crippen MR) is 106 cm³/mol. The Morgan fingerprint density at radius 3 is 2.28 bits per heavy atom. The number of nitrogens with one attached hydrogen (secondary N) is 3. The van der Waals surface area contributed by atoms with Crippen LogP contribution >= 0.6 is 0 Å². The van der Waals surface area contributed by atoms with E-state index < -0.39 is 0 Å². The molecule has 2 aromatic carbocycles. The summed E-state index contributed by atoms with van der Waals surface area (Å²) in [6.45, 7) is 4.09. The Balaban J connectivity index is 0. The monoisotopic (exact) mass is 349 g/mol. The molecule has 0 spiro atoms. The van der Waals surface area contributed by atoms with Gasteiger partial charge in [0.25, 0.3) is 5.91 Å². The molecule has 25 heavy (non-hydrogen) atoms. The largest absolute Gasteiger partial charge is 0.363 e. The molecule has 0 bridgehead atoms. The molecule has 0 heterocycles. The van der Waals surface area contributed by atoms with Crippen molar-refractivity contribution in [2.75, 3.05) is 37.7 Å². The molecule has 0 aliphatic rings. The Morgan fingerprint density at radius 1 is 0.960 bits per heavy atom. The lowest BCUT2D eigenvalue weighted by atomic mass is 10.1. The van der Waals surface area contributed by atoms with E-state index >= 15 is 0 Å². The van der Waals surface area contributed by atoms with Crippen molar-refractivity contribution in [2.24, 2.45) is 0 Å². The van der Waals surface area contributed by atoms with Crippen molar-refractivity contribution in [3.05, 3.63) is 59.7 Å². The third kappa shape index (κ3) is 6.54. The zero-order chi connectivity index (χ0) is 17.9. The summed E-state index contributed by atoms with van der Waals surface area (Å²) in [5, 5.41) is 8.93. The van der Waals surface area contributed by atoms with Gasteiger partial charge < -0.3 is 20.1 Å². The number of anilines is 2. The molecular formula is C19H31N3O3. The summed E-state index contributed by atoms with van der Waals surface area (Å²) in [6, 6.07) is 14.9. The third-order valence-electron chi connectivity index (χ3n) is 3.46. The third-order valence-corrected chi connectivity index (χ3v) is 3.46. The van der Waals surface area contributed by atoms with Gasteiger partial charge in [0.05, 0.1) is 13.3 Å². The first-order valence-corrected chi connectivity index (χ1v) is 8.27. The van der Waals surface area contributed by atoms with Gasteiger partial charge >= 0.3 is 0 Å². The van der Waals surface area contributed by atoms with Crippen LogP contribution in [0, 0.1) is 0 Å². The molecule has 2 rings (SSSR count). The molecule has 0 atom stereocenters. The SMILES string of the molecule is CCOCNc1ccc(NC(=O)c2ccc(COCNC)cc2)cc1.[HH].[HH].[HH]. The number of hydrogen-bond donors (Lipinski definition) is 3. The van der Waals surface area contributed by atoms with Crippen LogP contribution < -0.4 is 16.0 Å². The Labute approximate surface area is 153 Å². The van der Waals surface area contributed by atoms with E-state index in [9.17, 15) is 4.79 Å². The molecule has 3 N–H and O–H groups in total. The topological polar surface area (TPSA) is 71.6 Å². The Kier molecular flexibility index (Phi) is 7.91. The van der Waals surface area contributed by atoms with E-state index in [2.05, 4.69) is 16.0 Å². The second-order valence-electron chi connectivity index (χ2n) is 5.39. The molecule has 6 heteroatoms. The second-order valence-corrected chi connectivity index (χ2v) is 5.39. The van der Waals surface area contributed by atoms with Gasteiger partial charge in [-0.1, -0.05) is 12.1 Å². The molecule has 0 aromatic heterocycles. The number of carbonyl (C=O) groups is 1. The van der Waals surface area contributed by atoms with E-state index in [0.717, 1.165) is 16.9 Å². The van der Waals surface area contributed by atoms with Crippen molar-refractivity contribution in [3.8, 4) is 0 Å². The molecule has 2 aromatic rings. The van der Waals surface area contributed by atoms with Crippen molar-refractivity contribution in [2.45, 2.75) is 13.5 Å². The van der Waals surface area contributed by atoms with Gasteiger partial charge in [0, 0.05) is 27.8 Å². The Hall–Kier alpha value is -2.41. The Morgan fingerprint density at radius 2 is 1.64 bits per heavy atom. The number of benzene rings is 2. The minimum Gasteiger partial charge on any atom is -0.363 e. The maximum atomic E-state index is 12.3. The van der Waals surface area contributed by atoms with Gasteiger partial charge in [0.1, 0.15) is 6.73 Å². The molecule has 0 saturated carbocycles. The molecule has 0 saturated heterocycles. The quantitative estimate of drug-likeness (QED) is 0.450. The van der Waals surface area contributed by atoms with Gasteiger partial charge in [-0.3, -0.25) is 10.1 Å². The van der Waals surface area contributed by atoms with Crippen molar-refractivity contribution in [1.29, 1.82) is 0 Å². The van der Waals surface area contributed by atoms with Crippen LogP contribution in [0.25, 0.3) is 0 Å². The van der Waals surface area contributed by atoms with Crippen molar-refractivity contribution >= 4 is 17.3 Å². The zero-order valence-corrected chi connectivity index (χ0v) is 14.7. The lowest BCUT2D eigenvalue weighted by Crippen LogP contribution is -2.13. The molecule has 0 unspecified atom stereocenters. The van der Waals surface area contributed by atoms with Crippen LogP contribution in [-0.2, 0) is 16.1 Å². The molecular weight excluding hydrogens is 318 g/mol. The van der Waals surface area contributed by atoms with E-state index in [0.29, 0.717) is 32.2 Å². The second kappa shape index (κ2) is 10.5. The summed E-state index contributed by atoms with van der Waals surface area (Å²) in [5.41, 5.74) is 3.32. The number of rotatable bonds is 10. The fourth-order valence-corrected chi connectivity index (χ4v) is 2.13. The van der Waals surface area contributed by atoms with E-state index in [-0.39, 0.29) is 10.2 Å². The highest BCUT2D eigenvalue weighted by molar-refractivity contribution is 6.04. The first-order valence-electron chi connectivity index (χ1n) is 8.27. The fourth-order valence-electron chi connectivity index (χ4n) is 2.13. The summed E-state index contributed by atoms with van der Waals surface area (Å²) < 4.78 is 10.6. The summed E-state index contributed by atoms with van der Waals surface area (Å²) >= 11 is 0. The van der Waals surface area contributed by atoms with Crippen LogP contribution in [0.4, 0.5) is 11.4 Å². The Bertz CT molecular complexity index is 656. The highest BCUT2D eigenvalue weighted by Gasteiger charge is 2.06. The van der Waals surface area contributed by atoms with Gasteiger partial charge in [-0.15, -0.1) is 0 Å². The number of carbonyl (C=O) groups excluding carboxylic acids is 1. The van der Waals surface area contributed by atoms with Gasteiger partial charge in [-0.05, 0) is 55.9 Å². The number of hydrogen-bond acceptors (Lipinski definition) is 5. The first-order chi connectivity index (χ1) is 12.2. The van der Waals surface area contributed by atoms with Crippen LogP contribution in [0.1, 0.15) is 27.1 Å². The van der Waals surface area contributed by atoms with Gasteiger partial charge in [-0.25, -0.2) is 0 Å². The van der Waals surface area contributed by atoms with E-state index in [4.69, 9.17) is 9.47 Å². The average Bonchev–Trinajstić information content (AvgIpc) is 2.64. The van der Waals surface area contributed by atoms with Crippen molar-refractivity contribution in [3.63, 3.8) is 0 Å². The fraction of sp³-hybridized carbons (Fsp3) is 0.316. The molecule has 0 aliphatic heterocycles. The maximum absolute atomic E-state index is 12.3. The normalized spacial score (nSPS) is 10.5. The van der Waals surface area contributed by atoms with Crippen LogP contribution in [-0.4, -0.2) is 33.0 Å². The summed E-state index contributed by atoms with van der Waals surface area (Å²) in [5.74, 6) is -0.141. The molecule has 140 valence electrons. The lowest BCUT2D eigenvalue weighted by molar-refractivity contribution is 0.102. The van der Waals surface area contributed by atoms with Gasteiger partial charge in [-0.2, -0.15) is 0 Å². The molecule has 6 nitrogen and oxygen atoms in total. The van der Waals surface area contributed by atoms with E-state index in [1.54, 1.807) is 12.1 Å². The van der Waals surface area contributed by atoms with Crippen molar-refractivity contribution in [1.82, 2.24) is 5.32 Å². The first kappa shape index (κ1) is 18.9. The van der Waals surface area contributed by atoms with Gasteiger partial charge in [0.15, 0.2) is 0 Å². The highest BCUT2D eigenvalue weighted by Crippen LogP contribution is 2.15. The smallest absolute Gasteiger partial charge is 0.255 e. The zero-order valence-electron chi connectivity index (χ0n) is 14.7. The molecule has 0 fully saturated rings. The van der Waals surface area contributed by atoms with E-state index in [1.807, 2.05) is 50.4 Å². The average molecular weight is 349 g/mol. The van der Waals surface area contributed by atoms with E-state index in [1.165, 1.54) is 0 Å². The minimum absolute atomic E-state index is 0. The maximum Gasteiger partial charge on any atom is 0.255 e. The standard InChI is InChI=1S/C19H25N3O3.3H2/c1-3-24-14-21-17-8-10-18(11-9-17)22-19(23)16-6-4-15(5-7-16)12-25-13-20-2;;;/h4-11,20-21H,3,12-14H2,1-2H3,(H,22,23);3*1H. The van der Waals surface area contributed by atoms with Crippen LogP contribution in [0.5, 0.6) is 0 Å². The number of ether oxygens (including phenoxy) is 2. The van der Waals surface area contributed by atoms with Crippen LogP contribution in [0.15, 0.2) is 48.5 Å². The number of amides is 1. The van der Waals surface area contributed by atoms with Crippen molar-refractivity contribution < 1.29 is 18.5 Å².